The van der Waals surface area contributed by atoms with Crippen molar-refractivity contribution >= 4 is 11.6 Å². The van der Waals surface area contributed by atoms with Crippen molar-refractivity contribution in [1.82, 2.24) is 0 Å². The van der Waals surface area contributed by atoms with E-state index in [-0.39, 0.29) is 5.38 Å². The van der Waals surface area contributed by atoms with Gasteiger partial charge in [-0.25, -0.2) is 0 Å². The smallest absolute Gasteiger partial charge is 0.123 e. The molecule has 1 saturated carbocycles. The van der Waals surface area contributed by atoms with Crippen molar-refractivity contribution in [2.75, 3.05) is 6.61 Å². The highest BCUT2D eigenvalue weighted by atomic mass is 35.5. The van der Waals surface area contributed by atoms with E-state index in [1.165, 1.54) is 43.2 Å². The fourth-order valence-corrected chi connectivity index (χ4v) is 3.27. The molecule has 1 atom stereocenters. The molecule has 0 radical (unpaired) electrons. The summed E-state index contributed by atoms with van der Waals surface area (Å²) in [7, 11) is 0. The summed E-state index contributed by atoms with van der Waals surface area (Å²) < 4.78 is 5.72. The molecule has 0 N–H and O–H groups in total. The first-order valence-electron chi connectivity index (χ1n) is 7.09. The van der Waals surface area contributed by atoms with Gasteiger partial charge in [0.25, 0.3) is 0 Å². The zero-order valence-corrected chi connectivity index (χ0v) is 12.2. The topological polar surface area (TPSA) is 9.23 Å². The minimum Gasteiger partial charge on any atom is -0.494 e. The number of alkyl halides is 1. The second kappa shape index (κ2) is 6.47. The van der Waals surface area contributed by atoms with Crippen LogP contribution in [-0.4, -0.2) is 6.61 Å². The lowest BCUT2D eigenvalue weighted by molar-refractivity contribution is 0.319. The van der Waals surface area contributed by atoms with E-state index in [9.17, 15) is 0 Å². The number of rotatable bonds is 4. The Kier molecular flexibility index (Phi) is 4.94. The number of halogens is 1. The monoisotopic (exact) mass is 266 g/mol. The van der Waals surface area contributed by atoms with Gasteiger partial charge in [0.2, 0.25) is 0 Å². The summed E-state index contributed by atoms with van der Waals surface area (Å²) in [5.41, 5.74) is 2.44. The summed E-state index contributed by atoms with van der Waals surface area (Å²) in [6.07, 6.45) is 6.53. The molecule has 0 bridgehead atoms. The Morgan fingerprint density at radius 2 is 2.00 bits per heavy atom. The van der Waals surface area contributed by atoms with Gasteiger partial charge in [0.1, 0.15) is 5.75 Å². The summed E-state index contributed by atoms with van der Waals surface area (Å²) in [5, 5.41) is 0.103. The maximum absolute atomic E-state index is 6.72. The van der Waals surface area contributed by atoms with Crippen LogP contribution in [-0.2, 0) is 0 Å². The molecule has 2 heteroatoms. The van der Waals surface area contributed by atoms with E-state index in [2.05, 4.69) is 25.1 Å². The van der Waals surface area contributed by atoms with Crippen molar-refractivity contribution in [3.8, 4) is 5.75 Å². The molecule has 0 aliphatic heterocycles. The van der Waals surface area contributed by atoms with Crippen LogP contribution in [0.2, 0.25) is 0 Å². The number of aryl methyl sites for hydroxylation is 1. The first-order valence-corrected chi connectivity index (χ1v) is 7.53. The van der Waals surface area contributed by atoms with Gasteiger partial charge in [0.15, 0.2) is 0 Å². The van der Waals surface area contributed by atoms with Crippen LogP contribution in [0.15, 0.2) is 18.2 Å². The first-order chi connectivity index (χ1) is 8.72. The zero-order chi connectivity index (χ0) is 13.0. The van der Waals surface area contributed by atoms with E-state index in [1.807, 2.05) is 6.92 Å². The molecular weight excluding hydrogens is 244 g/mol. The van der Waals surface area contributed by atoms with Crippen LogP contribution >= 0.6 is 11.6 Å². The minimum absolute atomic E-state index is 0.103. The summed E-state index contributed by atoms with van der Waals surface area (Å²) >= 11 is 6.72. The van der Waals surface area contributed by atoms with Gasteiger partial charge in [0, 0.05) is 5.56 Å². The van der Waals surface area contributed by atoms with Gasteiger partial charge in [-0.1, -0.05) is 37.0 Å². The first kappa shape index (κ1) is 13.7. The Hall–Kier alpha value is -0.690. The van der Waals surface area contributed by atoms with Crippen molar-refractivity contribution in [3.63, 3.8) is 0 Å². The highest BCUT2D eigenvalue weighted by Crippen LogP contribution is 2.42. The SMILES string of the molecule is CCOc1ccc(C)cc1C(Cl)C1CCCCC1. The second-order valence-electron chi connectivity index (χ2n) is 5.27. The van der Waals surface area contributed by atoms with Crippen LogP contribution in [0, 0.1) is 12.8 Å². The number of ether oxygens (including phenoxy) is 1. The molecule has 0 spiro atoms. The largest absolute Gasteiger partial charge is 0.494 e. The van der Waals surface area contributed by atoms with Crippen molar-refractivity contribution in [2.24, 2.45) is 5.92 Å². The van der Waals surface area contributed by atoms with Crippen LogP contribution in [0.3, 0.4) is 0 Å². The van der Waals surface area contributed by atoms with Gasteiger partial charge in [-0.05, 0) is 38.7 Å². The van der Waals surface area contributed by atoms with Crippen molar-refractivity contribution in [2.45, 2.75) is 51.3 Å². The molecule has 2 rings (SSSR count). The second-order valence-corrected chi connectivity index (χ2v) is 5.74. The molecule has 1 nitrogen and oxygen atoms in total. The Morgan fingerprint density at radius 3 is 2.67 bits per heavy atom. The van der Waals surface area contributed by atoms with Crippen LogP contribution in [0.4, 0.5) is 0 Å². The molecule has 0 saturated heterocycles. The average molecular weight is 267 g/mol. The van der Waals surface area contributed by atoms with Gasteiger partial charge in [0.05, 0.1) is 12.0 Å². The highest BCUT2D eigenvalue weighted by molar-refractivity contribution is 6.21. The van der Waals surface area contributed by atoms with Gasteiger partial charge in [-0.15, -0.1) is 11.6 Å². The quantitative estimate of drug-likeness (QED) is 0.676. The fourth-order valence-electron chi connectivity index (χ4n) is 2.85. The van der Waals surface area contributed by atoms with E-state index < -0.39 is 0 Å². The third-order valence-corrected chi connectivity index (χ3v) is 4.42. The summed E-state index contributed by atoms with van der Waals surface area (Å²) in [4.78, 5) is 0. The Balaban J connectivity index is 2.21. The van der Waals surface area contributed by atoms with E-state index in [4.69, 9.17) is 16.3 Å². The summed E-state index contributed by atoms with van der Waals surface area (Å²) in [6, 6.07) is 6.35. The average Bonchev–Trinajstić information content (AvgIpc) is 2.41. The highest BCUT2D eigenvalue weighted by Gasteiger charge is 2.25. The molecular formula is C16H23ClO. The molecule has 0 aromatic heterocycles. The minimum atomic E-state index is 0.103. The van der Waals surface area contributed by atoms with Crippen molar-refractivity contribution < 1.29 is 4.74 Å². The maximum Gasteiger partial charge on any atom is 0.123 e. The van der Waals surface area contributed by atoms with Crippen LogP contribution in [0.25, 0.3) is 0 Å². The van der Waals surface area contributed by atoms with Gasteiger partial charge < -0.3 is 4.74 Å². The molecule has 0 heterocycles. The molecule has 1 aromatic rings. The molecule has 1 fully saturated rings. The predicted molar refractivity (Wildman–Crippen MR) is 77.5 cm³/mol. The lowest BCUT2D eigenvalue weighted by atomic mass is 9.84. The molecule has 1 aliphatic rings. The Bertz CT molecular complexity index is 383. The standard InChI is InChI=1S/C16H23ClO/c1-3-18-15-10-9-12(2)11-14(15)16(17)13-7-5-4-6-8-13/h9-11,13,16H,3-8H2,1-2H3. The fraction of sp³-hybridized carbons (Fsp3) is 0.625. The Morgan fingerprint density at radius 1 is 1.28 bits per heavy atom. The van der Waals surface area contributed by atoms with Gasteiger partial charge in [-0.3, -0.25) is 0 Å². The van der Waals surface area contributed by atoms with Crippen LogP contribution < -0.4 is 4.74 Å². The predicted octanol–water partition coefficient (Wildman–Crippen LogP) is 5.25. The third kappa shape index (κ3) is 3.20. The maximum atomic E-state index is 6.72. The lowest BCUT2D eigenvalue weighted by Crippen LogP contribution is -2.13. The molecule has 100 valence electrons. The number of hydrogen-bond donors (Lipinski definition) is 0. The number of benzene rings is 1. The van der Waals surface area contributed by atoms with E-state index in [0.717, 1.165) is 5.75 Å². The summed E-state index contributed by atoms with van der Waals surface area (Å²) in [6.45, 7) is 4.83. The Labute approximate surface area is 115 Å². The van der Waals surface area contributed by atoms with E-state index in [1.54, 1.807) is 0 Å². The van der Waals surface area contributed by atoms with Crippen LogP contribution in [0.5, 0.6) is 5.75 Å². The van der Waals surface area contributed by atoms with Crippen molar-refractivity contribution in [3.05, 3.63) is 29.3 Å². The molecule has 1 unspecified atom stereocenters. The molecule has 1 aromatic carbocycles. The number of hydrogen-bond acceptors (Lipinski definition) is 1. The molecule has 0 amide bonds. The normalized spacial score (nSPS) is 18.6. The molecule has 1 aliphatic carbocycles. The van der Waals surface area contributed by atoms with Gasteiger partial charge in [-0.2, -0.15) is 0 Å². The zero-order valence-electron chi connectivity index (χ0n) is 11.4. The third-order valence-electron chi connectivity index (χ3n) is 3.83. The van der Waals surface area contributed by atoms with E-state index >= 15 is 0 Å². The van der Waals surface area contributed by atoms with E-state index in [0.29, 0.717) is 12.5 Å². The van der Waals surface area contributed by atoms with Gasteiger partial charge >= 0.3 is 0 Å². The van der Waals surface area contributed by atoms with Crippen LogP contribution in [0.1, 0.15) is 55.5 Å². The summed E-state index contributed by atoms with van der Waals surface area (Å²) in [5.74, 6) is 1.58. The molecule has 18 heavy (non-hydrogen) atoms. The van der Waals surface area contributed by atoms with Crippen molar-refractivity contribution in [1.29, 1.82) is 0 Å². The lowest BCUT2D eigenvalue weighted by Gasteiger charge is -2.27.